The van der Waals surface area contributed by atoms with Crippen LogP contribution < -0.4 is 0 Å². The molecule has 0 amide bonds. The van der Waals surface area contributed by atoms with Gasteiger partial charge < -0.3 is 0 Å². The number of aryl methyl sites for hydroxylation is 1. The van der Waals surface area contributed by atoms with E-state index in [9.17, 15) is 4.79 Å². The van der Waals surface area contributed by atoms with Crippen molar-refractivity contribution in [3.8, 4) is 0 Å². The lowest BCUT2D eigenvalue weighted by atomic mass is 10.00. The Kier molecular flexibility index (Phi) is 4.70. The predicted molar refractivity (Wildman–Crippen MR) is 59.0 cm³/mol. The van der Waals surface area contributed by atoms with Crippen molar-refractivity contribution in [1.29, 1.82) is 0 Å². The molecule has 0 saturated carbocycles. The average Bonchev–Trinajstić information content (AvgIpc) is 2.21. The Morgan fingerprint density at radius 1 is 1.29 bits per heavy atom. The van der Waals surface area contributed by atoms with Crippen LogP contribution >= 0.6 is 0 Å². The van der Waals surface area contributed by atoms with E-state index in [4.69, 9.17) is 0 Å². The molecule has 0 bridgehead atoms. The van der Waals surface area contributed by atoms with Crippen LogP contribution in [0.4, 0.5) is 0 Å². The number of rotatable bonds is 6. The van der Waals surface area contributed by atoms with Crippen molar-refractivity contribution in [1.82, 2.24) is 0 Å². The summed E-state index contributed by atoms with van der Waals surface area (Å²) < 4.78 is 0. The first-order valence-electron chi connectivity index (χ1n) is 4.91. The van der Waals surface area contributed by atoms with Gasteiger partial charge in [0.05, 0.1) is 0 Å². The quantitative estimate of drug-likeness (QED) is 0.494. The fourth-order valence-electron chi connectivity index (χ4n) is 1.51. The molecular weight excluding hydrogens is 172 g/mol. The third-order valence-electron chi connectivity index (χ3n) is 2.21. The van der Waals surface area contributed by atoms with E-state index in [0.717, 1.165) is 19.3 Å². The topological polar surface area (TPSA) is 17.1 Å². The smallest absolute Gasteiger partial charge is 0.198 e. The third kappa shape index (κ3) is 3.17. The Hall–Kier alpha value is -1.37. The van der Waals surface area contributed by atoms with Gasteiger partial charge >= 0.3 is 0 Å². The highest BCUT2D eigenvalue weighted by Crippen LogP contribution is 2.12. The van der Waals surface area contributed by atoms with Crippen LogP contribution in [0.5, 0.6) is 0 Å². The van der Waals surface area contributed by atoms with E-state index in [1.165, 1.54) is 11.1 Å². The molecule has 0 aliphatic rings. The maximum atomic E-state index is 10.1. The van der Waals surface area contributed by atoms with E-state index in [-0.39, 0.29) is 0 Å². The first-order valence-corrected chi connectivity index (χ1v) is 4.91. The second kappa shape index (κ2) is 6.14. The first-order chi connectivity index (χ1) is 6.88. The van der Waals surface area contributed by atoms with Gasteiger partial charge in [0, 0.05) is 6.42 Å². The minimum absolute atomic E-state index is 0.530. The molecule has 1 heteroatoms. The van der Waals surface area contributed by atoms with Gasteiger partial charge in [0.15, 0.2) is 6.29 Å². The molecule has 1 rings (SSSR count). The van der Waals surface area contributed by atoms with E-state index >= 15 is 0 Å². The van der Waals surface area contributed by atoms with E-state index < -0.39 is 0 Å². The Balaban J connectivity index is 2.63. The number of hydrogen-bond donors (Lipinski definition) is 0. The van der Waals surface area contributed by atoms with E-state index in [2.05, 4.69) is 18.7 Å². The molecule has 0 aliphatic carbocycles. The van der Waals surface area contributed by atoms with Gasteiger partial charge in [0.1, 0.15) is 0 Å². The second-order valence-electron chi connectivity index (χ2n) is 3.26. The van der Waals surface area contributed by atoms with Gasteiger partial charge in [-0.2, -0.15) is 0 Å². The lowest BCUT2D eigenvalue weighted by molar-refractivity contribution is 0.548. The van der Waals surface area contributed by atoms with Crippen LogP contribution in [0.2, 0.25) is 0 Å². The highest BCUT2D eigenvalue weighted by atomic mass is 16.1. The summed E-state index contributed by atoms with van der Waals surface area (Å²) >= 11 is 0. The van der Waals surface area contributed by atoms with Crippen molar-refractivity contribution in [2.45, 2.75) is 25.7 Å². The molecular formula is C13H15O. The predicted octanol–water partition coefficient (Wildman–Crippen LogP) is 2.85. The largest absolute Gasteiger partial charge is 0.291 e. The van der Waals surface area contributed by atoms with Crippen molar-refractivity contribution in [2.75, 3.05) is 0 Å². The molecule has 0 aliphatic heterocycles. The van der Waals surface area contributed by atoms with Crippen LogP contribution in [0, 0.1) is 0 Å². The molecule has 0 unspecified atom stereocenters. The molecule has 73 valence electrons. The van der Waals surface area contributed by atoms with Gasteiger partial charge in [0.2, 0.25) is 0 Å². The molecule has 1 radical (unpaired) electrons. The summed E-state index contributed by atoms with van der Waals surface area (Å²) in [5, 5.41) is 0. The molecule has 0 aromatic heterocycles. The van der Waals surface area contributed by atoms with Crippen molar-refractivity contribution in [3.05, 3.63) is 48.0 Å². The molecule has 0 heterocycles. The van der Waals surface area contributed by atoms with Crippen molar-refractivity contribution < 1.29 is 4.79 Å². The number of unbranched alkanes of at least 4 members (excludes halogenated alkanes) is 1. The first kappa shape index (κ1) is 10.7. The summed E-state index contributed by atoms with van der Waals surface area (Å²) in [4.78, 5) is 10.1. The van der Waals surface area contributed by atoms with Crippen LogP contribution in [-0.4, -0.2) is 6.29 Å². The van der Waals surface area contributed by atoms with Gasteiger partial charge in [-0.1, -0.05) is 30.3 Å². The van der Waals surface area contributed by atoms with E-state index in [0.29, 0.717) is 6.42 Å². The summed E-state index contributed by atoms with van der Waals surface area (Å²) in [5.74, 6) is 0. The molecule has 0 spiro atoms. The summed E-state index contributed by atoms with van der Waals surface area (Å²) in [6.07, 6.45) is 7.10. The van der Waals surface area contributed by atoms with Crippen LogP contribution in [-0.2, 0) is 17.6 Å². The minimum atomic E-state index is 0.530. The zero-order valence-electron chi connectivity index (χ0n) is 8.33. The Bertz CT molecular complexity index is 302. The van der Waals surface area contributed by atoms with Crippen molar-refractivity contribution in [3.63, 3.8) is 0 Å². The molecule has 0 N–H and O–H groups in total. The molecule has 1 aromatic rings. The fraction of sp³-hybridized carbons (Fsp3) is 0.308. The monoisotopic (exact) mass is 187 g/mol. The molecule has 1 aromatic carbocycles. The molecule has 14 heavy (non-hydrogen) atoms. The second-order valence-corrected chi connectivity index (χ2v) is 3.26. The summed E-state index contributed by atoms with van der Waals surface area (Å²) in [5.41, 5.74) is 2.64. The number of carbonyl (C=O) groups excluding carboxylic acids is 1. The highest BCUT2D eigenvalue weighted by molar-refractivity contribution is 5.50. The van der Waals surface area contributed by atoms with Gasteiger partial charge in [0.25, 0.3) is 0 Å². The van der Waals surface area contributed by atoms with Crippen molar-refractivity contribution in [2.24, 2.45) is 0 Å². The Morgan fingerprint density at radius 3 is 2.64 bits per heavy atom. The molecule has 1 nitrogen and oxygen atoms in total. The molecule has 0 atom stereocenters. The summed E-state index contributed by atoms with van der Waals surface area (Å²) in [6.45, 7) is 3.73. The summed E-state index contributed by atoms with van der Waals surface area (Å²) in [6, 6.07) is 8.30. The zero-order chi connectivity index (χ0) is 10.2. The number of allylic oxidation sites excluding steroid dienone is 1. The lowest BCUT2D eigenvalue weighted by Crippen LogP contribution is -1.93. The fourth-order valence-corrected chi connectivity index (χ4v) is 1.51. The van der Waals surface area contributed by atoms with Gasteiger partial charge in [-0.15, -0.1) is 6.58 Å². The SMILES string of the molecule is C=CCc1ccccc1CCC[C]=O. The van der Waals surface area contributed by atoms with Crippen LogP contribution in [0.1, 0.15) is 24.0 Å². The highest BCUT2D eigenvalue weighted by Gasteiger charge is 1.99. The summed E-state index contributed by atoms with van der Waals surface area (Å²) in [7, 11) is 0. The molecule has 0 fully saturated rings. The van der Waals surface area contributed by atoms with Crippen LogP contribution in [0.15, 0.2) is 36.9 Å². The average molecular weight is 187 g/mol. The van der Waals surface area contributed by atoms with E-state index in [1.54, 1.807) is 0 Å². The van der Waals surface area contributed by atoms with Crippen LogP contribution in [0.3, 0.4) is 0 Å². The van der Waals surface area contributed by atoms with Crippen LogP contribution in [0.25, 0.3) is 0 Å². The van der Waals surface area contributed by atoms with Gasteiger partial charge in [-0.25, -0.2) is 0 Å². The Labute approximate surface area is 85.5 Å². The lowest BCUT2D eigenvalue weighted by Gasteiger charge is -2.05. The number of hydrogen-bond acceptors (Lipinski definition) is 1. The van der Waals surface area contributed by atoms with E-state index in [1.807, 2.05) is 24.5 Å². The van der Waals surface area contributed by atoms with Gasteiger partial charge in [-0.3, -0.25) is 4.79 Å². The van der Waals surface area contributed by atoms with Gasteiger partial charge in [-0.05, 0) is 30.4 Å². The third-order valence-corrected chi connectivity index (χ3v) is 2.21. The maximum absolute atomic E-state index is 10.1. The minimum Gasteiger partial charge on any atom is -0.291 e. The zero-order valence-corrected chi connectivity index (χ0v) is 8.33. The normalized spacial score (nSPS) is 9.71. The number of benzene rings is 1. The van der Waals surface area contributed by atoms with Crippen molar-refractivity contribution >= 4 is 6.29 Å². The maximum Gasteiger partial charge on any atom is 0.198 e. The molecule has 0 saturated heterocycles. The standard InChI is InChI=1S/C13H15O/c1-2-7-12-8-3-4-9-13(12)10-5-6-11-14/h2-4,8-9H,1,5-7,10H2. The Morgan fingerprint density at radius 2 is 2.00 bits per heavy atom.